The molecule has 0 spiro atoms. The highest BCUT2D eigenvalue weighted by molar-refractivity contribution is 5.68. The monoisotopic (exact) mass is 173 g/mol. The van der Waals surface area contributed by atoms with Crippen LogP contribution in [0.4, 0.5) is 0 Å². The van der Waals surface area contributed by atoms with E-state index in [-0.39, 0.29) is 12.6 Å². The predicted molar refractivity (Wildman–Crippen MR) is 43.9 cm³/mol. The maximum Gasteiger partial charge on any atom is 0.317 e. The van der Waals surface area contributed by atoms with Crippen LogP contribution >= 0.6 is 0 Å². The Morgan fingerprint density at radius 1 is 1.50 bits per heavy atom. The van der Waals surface area contributed by atoms with E-state index in [0.717, 1.165) is 19.3 Å². The van der Waals surface area contributed by atoms with Gasteiger partial charge in [0.1, 0.15) is 0 Å². The molecule has 12 heavy (non-hydrogen) atoms. The Kier molecular flexibility index (Phi) is 3.49. The minimum atomic E-state index is -0.825. The van der Waals surface area contributed by atoms with Crippen molar-refractivity contribution in [3.63, 3.8) is 0 Å². The smallest absolute Gasteiger partial charge is 0.317 e. The molecule has 2 atom stereocenters. The number of carboxylic acids is 1. The van der Waals surface area contributed by atoms with Gasteiger partial charge in [0.2, 0.25) is 0 Å². The lowest BCUT2D eigenvalue weighted by Crippen LogP contribution is -2.27. The van der Waals surface area contributed by atoms with E-state index in [1.54, 1.807) is 0 Å². The molecule has 1 saturated carbocycles. The van der Waals surface area contributed by atoms with E-state index in [9.17, 15) is 4.79 Å². The van der Waals surface area contributed by atoms with Gasteiger partial charge in [-0.1, -0.05) is 0 Å². The van der Waals surface area contributed by atoms with Crippen molar-refractivity contribution in [3.05, 3.63) is 0 Å². The Balaban J connectivity index is 2.04. The van der Waals surface area contributed by atoms with Crippen molar-refractivity contribution >= 4 is 5.97 Å². The number of carboxylic acid groups (broad SMARTS) is 1. The standard InChI is InChI=1S/C8H15NO3/c10-7-2-1-6(3-7)4-9-5-8(11)12/h6-7,9-10H,1-5H2,(H,11,12). The molecule has 0 aromatic heterocycles. The highest BCUT2D eigenvalue weighted by atomic mass is 16.4. The largest absolute Gasteiger partial charge is 0.480 e. The Bertz CT molecular complexity index is 160. The van der Waals surface area contributed by atoms with E-state index < -0.39 is 5.97 Å². The number of aliphatic hydroxyl groups excluding tert-OH is 1. The fraction of sp³-hybridized carbons (Fsp3) is 0.875. The first-order valence-corrected chi connectivity index (χ1v) is 4.29. The first-order chi connectivity index (χ1) is 5.68. The molecule has 4 heteroatoms. The number of hydrogen-bond acceptors (Lipinski definition) is 3. The van der Waals surface area contributed by atoms with Gasteiger partial charge >= 0.3 is 5.97 Å². The molecule has 0 bridgehead atoms. The molecule has 0 aromatic carbocycles. The van der Waals surface area contributed by atoms with Crippen LogP contribution in [-0.2, 0) is 4.79 Å². The van der Waals surface area contributed by atoms with Crippen molar-refractivity contribution in [2.45, 2.75) is 25.4 Å². The van der Waals surface area contributed by atoms with Crippen LogP contribution in [0.5, 0.6) is 0 Å². The highest BCUT2D eigenvalue weighted by Crippen LogP contribution is 2.24. The summed E-state index contributed by atoms with van der Waals surface area (Å²) >= 11 is 0. The van der Waals surface area contributed by atoms with E-state index in [4.69, 9.17) is 10.2 Å². The quantitative estimate of drug-likeness (QED) is 0.551. The summed E-state index contributed by atoms with van der Waals surface area (Å²) in [7, 11) is 0. The fourth-order valence-electron chi connectivity index (χ4n) is 1.62. The van der Waals surface area contributed by atoms with Gasteiger partial charge in [0.05, 0.1) is 12.6 Å². The summed E-state index contributed by atoms with van der Waals surface area (Å²) in [6.45, 7) is 0.732. The maximum absolute atomic E-state index is 10.1. The number of aliphatic hydroxyl groups is 1. The molecule has 1 fully saturated rings. The summed E-state index contributed by atoms with van der Waals surface area (Å²) in [4.78, 5) is 10.1. The molecule has 0 aromatic rings. The lowest BCUT2D eigenvalue weighted by Gasteiger charge is -2.08. The molecular formula is C8H15NO3. The van der Waals surface area contributed by atoms with E-state index >= 15 is 0 Å². The summed E-state index contributed by atoms with van der Waals surface area (Å²) in [5.41, 5.74) is 0. The highest BCUT2D eigenvalue weighted by Gasteiger charge is 2.22. The van der Waals surface area contributed by atoms with Crippen molar-refractivity contribution in [3.8, 4) is 0 Å². The molecule has 3 N–H and O–H groups in total. The Labute approximate surface area is 71.6 Å². The van der Waals surface area contributed by atoms with Gasteiger partial charge in [-0.25, -0.2) is 0 Å². The van der Waals surface area contributed by atoms with Gasteiger partial charge in [-0.05, 0) is 31.7 Å². The van der Waals surface area contributed by atoms with Crippen molar-refractivity contribution in [2.24, 2.45) is 5.92 Å². The third kappa shape index (κ3) is 3.19. The minimum absolute atomic E-state index is 0.0204. The second-order valence-corrected chi connectivity index (χ2v) is 3.36. The molecule has 2 unspecified atom stereocenters. The summed E-state index contributed by atoms with van der Waals surface area (Å²) in [5, 5.41) is 20.3. The van der Waals surface area contributed by atoms with Gasteiger partial charge in [0, 0.05) is 0 Å². The molecule has 1 rings (SSSR count). The average molecular weight is 173 g/mol. The topological polar surface area (TPSA) is 69.6 Å². The Morgan fingerprint density at radius 2 is 2.25 bits per heavy atom. The molecule has 0 heterocycles. The molecule has 0 aliphatic heterocycles. The van der Waals surface area contributed by atoms with E-state index in [1.807, 2.05) is 0 Å². The molecule has 4 nitrogen and oxygen atoms in total. The zero-order chi connectivity index (χ0) is 8.97. The van der Waals surface area contributed by atoms with E-state index in [0.29, 0.717) is 12.5 Å². The van der Waals surface area contributed by atoms with Crippen LogP contribution in [0.25, 0.3) is 0 Å². The van der Waals surface area contributed by atoms with Gasteiger partial charge < -0.3 is 15.5 Å². The van der Waals surface area contributed by atoms with Crippen molar-refractivity contribution < 1.29 is 15.0 Å². The second kappa shape index (κ2) is 4.42. The molecule has 1 aliphatic carbocycles. The third-order valence-electron chi connectivity index (χ3n) is 2.22. The van der Waals surface area contributed by atoms with Gasteiger partial charge in [-0.3, -0.25) is 4.79 Å². The van der Waals surface area contributed by atoms with Crippen molar-refractivity contribution in [2.75, 3.05) is 13.1 Å². The normalized spacial score (nSPS) is 29.1. The van der Waals surface area contributed by atoms with Crippen molar-refractivity contribution in [1.29, 1.82) is 0 Å². The number of aliphatic carboxylic acids is 1. The van der Waals surface area contributed by atoms with Gasteiger partial charge in [0.15, 0.2) is 0 Å². The second-order valence-electron chi connectivity index (χ2n) is 3.36. The number of hydrogen-bond donors (Lipinski definition) is 3. The number of nitrogens with one attached hydrogen (secondary N) is 1. The Morgan fingerprint density at radius 3 is 2.75 bits per heavy atom. The van der Waals surface area contributed by atoms with Gasteiger partial charge in [-0.15, -0.1) is 0 Å². The van der Waals surface area contributed by atoms with Crippen LogP contribution in [0.1, 0.15) is 19.3 Å². The summed E-state index contributed by atoms with van der Waals surface area (Å²) in [6.07, 6.45) is 2.52. The van der Waals surface area contributed by atoms with Crippen LogP contribution < -0.4 is 5.32 Å². The zero-order valence-corrected chi connectivity index (χ0v) is 6.99. The molecule has 1 aliphatic rings. The molecular weight excluding hydrogens is 158 g/mol. The minimum Gasteiger partial charge on any atom is -0.480 e. The molecule has 0 saturated heterocycles. The van der Waals surface area contributed by atoms with E-state index in [1.165, 1.54) is 0 Å². The first-order valence-electron chi connectivity index (χ1n) is 4.29. The predicted octanol–water partition coefficient (Wildman–Crippen LogP) is -0.178. The van der Waals surface area contributed by atoms with Crippen LogP contribution in [0.2, 0.25) is 0 Å². The maximum atomic E-state index is 10.1. The van der Waals surface area contributed by atoms with Crippen LogP contribution in [0, 0.1) is 5.92 Å². The Hall–Kier alpha value is -0.610. The molecule has 0 radical (unpaired) electrons. The first kappa shape index (κ1) is 9.48. The molecule has 70 valence electrons. The summed E-state index contributed by atoms with van der Waals surface area (Å²) < 4.78 is 0. The van der Waals surface area contributed by atoms with Gasteiger partial charge in [0.25, 0.3) is 0 Å². The van der Waals surface area contributed by atoms with Crippen LogP contribution in [0.3, 0.4) is 0 Å². The average Bonchev–Trinajstić information content (AvgIpc) is 2.35. The lowest BCUT2D eigenvalue weighted by atomic mass is 10.1. The van der Waals surface area contributed by atoms with Crippen LogP contribution in [-0.4, -0.2) is 35.4 Å². The van der Waals surface area contributed by atoms with Crippen molar-refractivity contribution in [1.82, 2.24) is 5.32 Å². The third-order valence-corrected chi connectivity index (χ3v) is 2.22. The SMILES string of the molecule is O=C(O)CNCC1CCC(O)C1. The van der Waals surface area contributed by atoms with E-state index in [2.05, 4.69) is 5.32 Å². The molecule has 0 amide bonds. The van der Waals surface area contributed by atoms with Gasteiger partial charge in [-0.2, -0.15) is 0 Å². The summed E-state index contributed by atoms with van der Waals surface area (Å²) in [5.74, 6) is -0.368. The number of rotatable bonds is 4. The lowest BCUT2D eigenvalue weighted by molar-refractivity contribution is -0.135. The number of carbonyl (C=O) groups is 1. The fourth-order valence-corrected chi connectivity index (χ4v) is 1.62. The summed E-state index contributed by atoms with van der Waals surface area (Å²) in [6, 6.07) is 0. The zero-order valence-electron chi connectivity index (χ0n) is 6.99. The van der Waals surface area contributed by atoms with Crippen LogP contribution in [0.15, 0.2) is 0 Å².